The number of rotatable bonds is 3. The number of carbonyl (C=O) groups excluding carboxylic acids is 1. The molecule has 1 aliphatic heterocycles. The van der Waals surface area contributed by atoms with Gasteiger partial charge in [0.05, 0.1) is 11.7 Å². The third kappa shape index (κ3) is 1.57. The average Bonchev–Trinajstić information content (AvgIpc) is 2.77. The maximum Gasteiger partial charge on any atom is 0.410 e. The summed E-state index contributed by atoms with van der Waals surface area (Å²) in [4.78, 5) is 16.9. The first-order valence-corrected chi connectivity index (χ1v) is 4.61. The molecule has 1 saturated heterocycles. The van der Waals surface area contributed by atoms with Gasteiger partial charge in [0.15, 0.2) is 6.39 Å². The second-order valence-corrected chi connectivity index (χ2v) is 3.20. The Kier molecular flexibility index (Phi) is 2.39. The van der Waals surface area contributed by atoms with Crippen LogP contribution in [-0.4, -0.2) is 35.2 Å². The normalized spacial score (nSPS) is 21.4. The number of likely N-dealkylation sites (N-methyl/N-ethyl adjacent to an activating group) is 1. The van der Waals surface area contributed by atoms with Crippen molar-refractivity contribution in [2.24, 2.45) is 0 Å². The Labute approximate surface area is 81.7 Å². The highest BCUT2D eigenvalue weighted by atomic mass is 16.6. The van der Waals surface area contributed by atoms with Crippen LogP contribution < -0.4 is 0 Å². The van der Waals surface area contributed by atoms with E-state index >= 15 is 0 Å². The molecule has 0 N–H and O–H groups in total. The van der Waals surface area contributed by atoms with Crippen LogP contribution in [0.1, 0.15) is 12.6 Å². The Morgan fingerprint density at radius 2 is 2.57 bits per heavy atom. The fourth-order valence-corrected chi connectivity index (χ4v) is 1.63. The topological polar surface area (TPSA) is 55.6 Å². The van der Waals surface area contributed by atoms with Gasteiger partial charge in [0, 0.05) is 13.0 Å². The van der Waals surface area contributed by atoms with Crippen LogP contribution in [-0.2, 0) is 11.2 Å². The molecule has 0 radical (unpaired) electrons. The molecule has 0 bridgehead atoms. The summed E-state index contributed by atoms with van der Waals surface area (Å²) in [6, 6.07) is 0.0950. The van der Waals surface area contributed by atoms with E-state index in [1.54, 1.807) is 11.2 Å². The molecule has 76 valence electrons. The van der Waals surface area contributed by atoms with E-state index in [1.165, 1.54) is 6.39 Å². The van der Waals surface area contributed by atoms with Crippen LogP contribution in [0.5, 0.6) is 0 Å². The maximum absolute atomic E-state index is 11.2. The minimum absolute atomic E-state index is 0.0950. The van der Waals surface area contributed by atoms with Crippen LogP contribution >= 0.6 is 0 Å². The summed E-state index contributed by atoms with van der Waals surface area (Å²) in [5.74, 6) is 0. The van der Waals surface area contributed by atoms with Crippen LogP contribution in [0.3, 0.4) is 0 Å². The molecule has 2 heterocycles. The molecule has 1 fully saturated rings. The van der Waals surface area contributed by atoms with Crippen molar-refractivity contribution in [1.29, 1.82) is 0 Å². The average molecular weight is 196 g/mol. The molecular weight excluding hydrogens is 184 g/mol. The SMILES string of the molecule is CCN1C(=O)OCC1Cc1cocn1. The molecule has 0 aromatic carbocycles. The van der Waals surface area contributed by atoms with E-state index in [0.29, 0.717) is 19.6 Å². The minimum atomic E-state index is -0.235. The zero-order valence-electron chi connectivity index (χ0n) is 7.97. The van der Waals surface area contributed by atoms with E-state index in [2.05, 4.69) is 4.98 Å². The Hall–Kier alpha value is -1.52. The third-order valence-electron chi connectivity index (χ3n) is 2.34. The quantitative estimate of drug-likeness (QED) is 0.725. The summed E-state index contributed by atoms with van der Waals surface area (Å²) in [7, 11) is 0. The second-order valence-electron chi connectivity index (χ2n) is 3.20. The molecule has 0 aliphatic carbocycles. The van der Waals surface area contributed by atoms with E-state index in [0.717, 1.165) is 5.69 Å². The maximum atomic E-state index is 11.2. The van der Waals surface area contributed by atoms with Gasteiger partial charge in [0.25, 0.3) is 0 Å². The predicted octanol–water partition coefficient (Wildman–Crippen LogP) is 1.06. The molecule has 5 heteroatoms. The summed E-state index contributed by atoms with van der Waals surface area (Å²) < 4.78 is 9.81. The number of nitrogens with zero attached hydrogens (tertiary/aromatic N) is 2. The lowest BCUT2D eigenvalue weighted by Gasteiger charge is -2.17. The number of oxazole rings is 1. The first-order valence-electron chi connectivity index (χ1n) is 4.61. The van der Waals surface area contributed by atoms with Crippen molar-refractivity contribution in [3.63, 3.8) is 0 Å². The standard InChI is InChI=1S/C9H12N2O3/c1-2-11-8(5-14-9(11)12)3-7-4-13-6-10-7/h4,6,8H,2-3,5H2,1H3. The van der Waals surface area contributed by atoms with E-state index in [9.17, 15) is 4.79 Å². The molecule has 0 saturated carbocycles. The number of carbonyl (C=O) groups is 1. The summed E-state index contributed by atoms with van der Waals surface area (Å²) in [5.41, 5.74) is 0.853. The van der Waals surface area contributed by atoms with Gasteiger partial charge in [0.1, 0.15) is 12.9 Å². The monoisotopic (exact) mass is 196 g/mol. The highest BCUT2D eigenvalue weighted by Crippen LogP contribution is 2.15. The Morgan fingerprint density at radius 3 is 3.21 bits per heavy atom. The number of hydrogen-bond acceptors (Lipinski definition) is 4. The van der Waals surface area contributed by atoms with E-state index in [1.807, 2.05) is 6.92 Å². The van der Waals surface area contributed by atoms with E-state index in [-0.39, 0.29) is 12.1 Å². The minimum Gasteiger partial charge on any atom is -0.451 e. The van der Waals surface area contributed by atoms with Crippen LogP contribution in [0.2, 0.25) is 0 Å². The van der Waals surface area contributed by atoms with Crippen LogP contribution in [0, 0.1) is 0 Å². The molecule has 14 heavy (non-hydrogen) atoms. The lowest BCUT2D eigenvalue weighted by molar-refractivity contribution is 0.159. The fraction of sp³-hybridized carbons (Fsp3) is 0.556. The number of cyclic esters (lactones) is 1. The van der Waals surface area contributed by atoms with Crippen molar-refractivity contribution in [3.05, 3.63) is 18.4 Å². The first kappa shape index (κ1) is 9.05. The van der Waals surface area contributed by atoms with Crippen molar-refractivity contribution in [1.82, 2.24) is 9.88 Å². The third-order valence-corrected chi connectivity index (χ3v) is 2.34. The van der Waals surface area contributed by atoms with Gasteiger partial charge in [-0.3, -0.25) is 0 Å². The molecule has 1 unspecified atom stereocenters. The van der Waals surface area contributed by atoms with Gasteiger partial charge in [0.2, 0.25) is 0 Å². The lowest BCUT2D eigenvalue weighted by atomic mass is 10.1. The number of ether oxygens (including phenoxy) is 1. The molecule has 5 nitrogen and oxygen atoms in total. The van der Waals surface area contributed by atoms with Crippen molar-refractivity contribution in [2.75, 3.05) is 13.2 Å². The van der Waals surface area contributed by atoms with Crippen LogP contribution in [0.4, 0.5) is 4.79 Å². The predicted molar refractivity (Wildman–Crippen MR) is 47.7 cm³/mol. The second kappa shape index (κ2) is 3.69. The van der Waals surface area contributed by atoms with Gasteiger partial charge >= 0.3 is 6.09 Å². The van der Waals surface area contributed by atoms with Crippen molar-refractivity contribution in [3.8, 4) is 0 Å². The summed E-state index contributed by atoms with van der Waals surface area (Å²) in [5, 5.41) is 0. The van der Waals surface area contributed by atoms with Gasteiger partial charge in [-0.05, 0) is 6.92 Å². The first-order chi connectivity index (χ1) is 6.81. The van der Waals surface area contributed by atoms with Gasteiger partial charge < -0.3 is 14.1 Å². The highest BCUT2D eigenvalue weighted by molar-refractivity contribution is 5.70. The van der Waals surface area contributed by atoms with Crippen molar-refractivity contribution < 1.29 is 13.9 Å². The van der Waals surface area contributed by atoms with Crippen molar-refractivity contribution in [2.45, 2.75) is 19.4 Å². The van der Waals surface area contributed by atoms with Gasteiger partial charge in [-0.1, -0.05) is 0 Å². The molecule has 2 rings (SSSR count). The number of amides is 1. The number of hydrogen-bond donors (Lipinski definition) is 0. The summed E-state index contributed by atoms with van der Waals surface area (Å²) in [6.45, 7) is 3.04. The zero-order valence-corrected chi connectivity index (χ0v) is 7.97. The van der Waals surface area contributed by atoms with E-state index < -0.39 is 0 Å². The largest absolute Gasteiger partial charge is 0.451 e. The summed E-state index contributed by atoms with van der Waals surface area (Å²) in [6.07, 6.45) is 3.44. The Balaban J connectivity index is 2.01. The molecule has 1 aromatic rings. The van der Waals surface area contributed by atoms with Crippen LogP contribution in [0.15, 0.2) is 17.1 Å². The molecule has 0 spiro atoms. The molecule has 1 aliphatic rings. The Bertz CT molecular complexity index is 310. The van der Waals surface area contributed by atoms with Gasteiger partial charge in [-0.25, -0.2) is 9.78 Å². The molecule has 1 aromatic heterocycles. The van der Waals surface area contributed by atoms with Gasteiger partial charge in [-0.15, -0.1) is 0 Å². The van der Waals surface area contributed by atoms with Gasteiger partial charge in [-0.2, -0.15) is 0 Å². The van der Waals surface area contributed by atoms with Crippen molar-refractivity contribution >= 4 is 6.09 Å². The summed E-state index contributed by atoms with van der Waals surface area (Å²) >= 11 is 0. The fourth-order valence-electron chi connectivity index (χ4n) is 1.63. The molecular formula is C9H12N2O3. The zero-order chi connectivity index (χ0) is 9.97. The molecule has 1 atom stereocenters. The number of aromatic nitrogens is 1. The molecule has 1 amide bonds. The smallest absolute Gasteiger partial charge is 0.410 e. The Morgan fingerprint density at radius 1 is 1.71 bits per heavy atom. The highest BCUT2D eigenvalue weighted by Gasteiger charge is 2.31. The lowest BCUT2D eigenvalue weighted by Crippen LogP contribution is -2.34. The van der Waals surface area contributed by atoms with E-state index in [4.69, 9.17) is 9.15 Å². The van der Waals surface area contributed by atoms with Crippen LogP contribution in [0.25, 0.3) is 0 Å².